The molecule has 2 N–H and O–H groups in total. The number of anilines is 4. The summed E-state index contributed by atoms with van der Waals surface area (Å²) in [5.41, 5.74) is 6.10. The number of aromatic nitrogens is 3. The number of amides is 2. The average molecular weight is 555 g/mol. The van der Waals surface area contributed by atoms with Crippen molar-refractivity contribution in [3.05, 3.63) is 72.6 Å². The van der Waals surface area contributed by atoms with Gasteiger partial charge in [-0.25, -0.2) is 9.97 Å². The molecular weight excluding hydrogens is 516 g/mol. The van der Waals surface area contributed by atoms with Gasteiger partial charge in [0.1, 0.15) is 5.69 Å². The second-order valence-corrected chi connectivity index (χ2v) is 10.5. The number of carbonyl (C=O) groups is 2. The van der Waals surface area contributed by atoms with Gasteiger partial charge in [0.2, 0.25) is 11.9 Å². The monoisotopic (exact) mass is 554 g/mol. The number of rotatable bonds is 10. The maximum Gasteiger partial charge on any atom is 0.270 e. The first kappa shape index (κ1) is 29.3. The molecule has 0 bridgehead atoms. The van der Waals surface area contributed by atoms with Gasteiger partial charge in [-0.1, -0.05) is 24.8 Å². The van der Waals surface area contributed by atoms with Crippen LogP contribution in [0.15, 0.2) is 61.3 Å². The van der Waals surface area contributed by atoms with Crippen LogP contribution in [0.3, 0.4) is 0 Å². The van der Waals surface area contributed by atoms with Crippen molar-refractivity contribution in [3.63, 3.8) is 0 Å². The van der Waals surface area contributed by atoms with Crippen LogP contribution in [0.25, 0.3) is 22.2 Å². The van der Waals surface area contributed by atoms with E-state index in [1.165, 1.54) is 6.08 Å². The third-order valence-electron chi connectivity index (χ3n) is 6.95. The molecule has 41 heavy (non-hydrogen) atoms. The maximum atomic E-state index is 13.3. The Kier molecular flexibility index (Phi) is 8.73. The molecule has 2 aromatic carbocycles. The zero-order chi connectivity index (χ0) is 29.8. The van der Waals surface area contributed by atoms with E-state index >= 15 is 0 Å². The Morgan fingerprint density at radius 3 is 2.44 bits per heavy atom. The van der Waals surface area contributed by atoms with Crippen molar-refractivity contribution in [1.29, 1.82) is 0 Å². The molecule has 0 atom stereocenters. The molecule has 0 unspecified atom stereocenters. The number of likely N-dealkylation sites (N-methyl/N-ethyl adjacent to an activating group) is 2. The SMILES string of the molecule is C=CC(=O)Nc1cc(Nc2nccc(-c3c(C(=O)N(C)C)n(C)c4ccccc34)n2)c(C)cc1N(C)CCN(C)C. The quantitative estimate of drug-likeness (QED) is 0.278. The molecule has 2 aromatic heterocycles. The molecule has 0 saturated heterocycles. The van der Waals surface area contributed by atoms with Gasteiger partial charge in [-0.3, -0.25) is 9.59 Å². The highest BCUT2D eigenvalue weighted by Crippen LogP contribution is 2.36. The van der Waals surface area contributed by atoms with E-state index in [1.54, 1.807) is 25.2 Å². The van der Waals surface area contributed by atoms with Crippen molar-refractivity contribution in [2.75, 3.05) is 63.9 Å². The Morgan fingerprint density at radius 2 is 1.76 bits per heavy atom. The lowest BCUT2D eigenvalue weighted by atomic mass is 10.1. The molecule has 2 heterocycles. The number of fused-ring (bicyclic) bond motifs is 1. The van der Waals surface area contributed by atoms with Gasteiger partial charge in [0.15, 0.2) is 0 Å². The summed E-state index contributed by atoms with van der Waals surface area (Å²) in [5, 5.41) is 7.19. The van der Waals surface area contributed by atoms with Crippen molar-refractivity contribution in [3.8, 4) is 11.3 Å². The number of benzene rings is 2. The molecule has 0 radical (unpaired) electrons. The van der Waals surface area contributed by atoms with Crippen molar-refractivity contribution < 1.29 is 9.59 Å². The molecule has 10 heteroatoms. The van der Waals surface area contributed by atoms with Gasteiger partial charge < -0.3 is 29.9 Å². The number of carbonyl (C=O) groups excluding carboxylic acids is 2. The summed E-state index contributed by atoms with van der Waals surface area (Å²) in [4.78, 5) is 40.6. The van der Waals surface area contributed by atoms with E-state index in [1.807, 2.05) is 82.1 Å². The Balaban J connectivity index is 1.76. The highest BCUT2D eigenvalue weighted by molar-refractivity contribution is 6.09. The lowest BCUT2D eigenvalue weighted by Gasteiger charge is -2.25. The standard InChI is InChI=1S/C31H38N8O2/c1-9-27(40)33-24-19-23(20(2)18-26(24)38(7)17-16-36(3)4)35-31-32-15-14-22(34-31)28-21-12-10-11-13-25(21)39(8)29(28)30(41)37(5)6/h9-15,18-19H,1,16-17H2,2-8H3,(H,33,40)(H,32,34,35). The molecule has 0 saturated carbocycles. The molecule has 0 aliphatic carbocycles. The number of aryl methyl sites for hydroxylation is 2. The molecule has 4 aromatic rings. The first-order valence-corrected chi connectivity index (χ1v) is 13.3. The topological polar surface area (TPSA) is 98.6 Å². The summed E-state index contributed by atoms with van der Waals surface area (Å²) in [6.07, 6.45) is 2.93. The number of hydrogen-bond donors (Lipinski definition) is 2. The highest BCUT2D eigenvalue weighted by atomic mass is 16.2. The van der Waals surface area contributed by atoms with Gasteiger partial charge in [-0.05, 0) is 56.9 Å². The van der Waals surface area contributed by atoms with Crippen molar-refractivity contribution >= 4 is 45.7 Å². The van der Waals surface area contributed by atoms with Crippen molar-refractivity contribution in [2.45, 2.75) is 6.92 Å². The van der Waals surface area contributed by atoms with E-state index in [0.717, 1.165) is 46.5 Å². The fourth-order valence-electron chi connectivity index (χ4n) is 4.69. The summed E-state index contributed by atoms with van der Waals surface area (Å²) in [5.74, 6) is -0.0370. The van der Waals surface area contributed by atoms with Crippen LogP contribution >= 0.6 is 0 Å². The van der Waals surface area contributed by atoms with Crippen LogP contribution < -0.4 is 15.5 Å². The smallest absolute Gasteiger partial charge is 0.270 e. The van der Waals surface area contributed by atoms with Crippen LogP contribution in [-0.2, 0) is 11.8 Å². The first-order chi connectivity index (χ1) is 19.5. The largest absolute Gasteiger partial charge is 0.372 e. The third kappa shape index (κ3) is 6.22. The fourth-order valence-corrected chi connectivity index (χ4v) is 4.69. The number of hydrogen-bond acceptors (Lipinski definition) is 7. The Bertz CT molecular complexity index is 1610. The molecule has 0 spiro atoms. The van der Waals surface area contributed by atoms with Crippen LogP contribution in [0, 0.1) is 6.92 Å². The Labute approximate surface area is 241 Å². The molecular formula is C31H38N8O2. The lowest BCUT2D eigenvalue weighted by molar-refractivity contribution is -0.111. The number of nitrogens with one attached hydrogen (secondary N) is 2. The Hall–Kier alpha value is -4.70. The van der Waals surface area contributed by atoms with Gasteiger partial charge in [-0.2, -0.15) is 0 Å². The molecule has 0 aliphatic heterocycles. The third-order valence-corrected chi connectivity index (χ3v) is 6.95. The lowest BCUT2D eigenvalue weighted by Crippen LogP contribution is -2.29. The zero-order valence-electron chi connectivity index (χ0n) is 24.8. The van der Waals surface area contributed by atoms with Crippen molar-refractivity contribution in [2.24, 2.45) is 7.05 Å². The van der Waals surface area contributed by atoms with Gasteiger partial charge in [-0.15, -0.1) is 0 Å². The predicted octanol–water partition coefficient (Wildman–Crippen LogP) is 4.51. The minimum Gasteiger partial charge on any atom is -0.372 e. The minimum absolute atomic E-state index is 0.112. The van der Waals surface area contributed by atoms with E-state index in [0.29, 0.717) is 23.0 Å². The van der Waals surface area contributed by atoms with Gasteiger partial charge in [0, 0.05) is 69.6 Å². The maximum absolute atomic E-state index is 13.3. The molecule has 0 fully saturated rings. The van der Waals surface area contributed by atoms with Crippen LogP contribution in [0.1, 0.15) is 16.1 Å². The average Bonchev–Trinajstić information content (AvgIpc) is 3.25. The van der Waals surface area contributed by atoms with Crippen LogP contribution in [0.5, 0.6) is 0 Å². The second-order valence-electron chi connectivity index (χ2n) is 10.5. The summed E-state index contributed by atoms with van der Waals surface area (Å²) in [6.45, 7) is 7.22. The summed E-state index contributed by atoms with van der Waals surface area (Å²) in [7, 11) is 11.4. The molecule has 214 valence electrons. The van der Waals surface area contributed by atoms with E-state index in [9.17, 15) is 9.59 Å². The number of para-hydroxylation sites is 1. The van der Waals surface area contributed by atoms with E-state index in [-0.39, 0.29) is 11.8 Å². The van der Waals surface area contributed by atoms with Crippen LogP contribution in [-0.4, -0.2) is 84.5 Å². The van der Waals surface area contributed by atoms with E-state index in [4.69, 9.17) is 4.98 Å². The minimum atomic E-state index is -0.297. The van der Waals surface area contributed by atoms with Crippen molar-refractivity contribution in [1.82, 2.24) is 24.3 Å². The summed E-state index contributed by atoms with van der Waals surface area (Å²) >= 11 is 0. The summed E-state index contributed by atoms with van der Waals surface area (Å²) < 4.78 is 1.91. The van der Waals surface area contributed by atoms with Gasteiger partial charge in [0.25, 0.3) is 5.91 Å². The molecule has 10 nitrogen and oxygen atoms in total. The fraction of sp³-hybridized carbons (Fsp3) is 0.290. The highest BCUT2D eigenvalue weighted by Gasteiger charge is 2.24. The van der Waals surface area contributed by atoms with Crippen LogP contribution in [0.2, 0.25) is 0 Å². The molecule has 4 rings (SSSR count). The van der Waals surface area contributed by atoms with E-state index in [2.05, 4.69) is 32.0 Å². The summed E-state index contributed by atoms with van der Waals surface area (Å²) in [6, 6.07) is 13.6. The first-order valence-electron chi connectivity index (χ1n) is 13.3. The van der Waals surface area contributed by atoms with Gasteiger partial charge >= 0.3 is 0 Å². The molecule has 0 aliphatic rings. The van der Waals surface area contributed by atoms with Crippen LogP contribution in [0.4, 0.5) is 23.0 Å². The zero-order valence-corrected chi connectivity index (χ0v) is 24.8. The second kappa shape index (κ2) is 12.2. The number of nitrogens with zero attached hydrogens (tertiary/aromatic N) is 6. The predicted molar refractivity (Wildman–Crippen MR) is 167 cm³/mol. The Morgan fingerprint density at radius 1 is 1.02 bits per heavy atom. The molecule has 2 amide bonds. The van der Waals surface area contributed by atoms with E-state index < -0.39 is 0 Å². The normalized spacial score (nSPS) is 11.0. The van der Waals surface area contributed by atoms with Gasteiger partial charge in [0.05, 0.1) is 17.1 Å².